The fourth-order valence-corrected chi connectivity index (χ4v) is 3.51. The van der Waals surface area contributed by atoms with Crippen LogP contribution in [0, 0.1) is 0 Å². The van der Waals surface area contributed by atoms with Crippen molar-refractivity contribution in [3.05, 3.63) is 18.0 Å². The summed E-state index contributed by atoms with van der Waals surface area (Å²) < 4.78 is 2.20. The Morgan fingerprint density at radius 1 is 1.21 bits per heavy atom. The van der Waals surface area contributed by atoms with Crippen LogP contribution in [0.5, 0.6) is 0 Å². The van der Waals surface area contributed by atoms with Crippen molar-refractivity contribution in [2.24, 2.45) is 0 Å². The Bertz CT molecular complexity index is 394. The lowest BCUT2D eigenvalue weighted by molar-refractivity contribution is 0.125. The lowest BCUT2D eigenvalue weighted by Crippen LogP contribution is -2.40. The molecule has 0 aliphatic heterocycles. The topological polar surface area (TPSA) is 21.1 Å². The van der Waals surface area contributed by atoms with E-state index in [1.165, 1.54) is 50.6 Å². The molecule has 0 aromatic carbocycles. The molecule has 106 valence electrons. The first-order valence-electron chi connectivity index (χ1n) is 7.71. The third-order valence-corrected chi connectivity index (χ3v) is 4.86. The fourth-order valence-electron chi connectivity index (χ4n) is 3.29. The maximum atomic E-state index is 5.93. The van der Waals surface area contributed by atoms with Crippen molar-refractivity contribution in [2.75, 3.05) is 12.4 Å². The van der Waals surface area contributed by atoms with E-state index < -0.39 is 0 Å². The number of nitrogens with zero attached hydrogens (tertiary/aromatic N) is 3. The summed E-state index contributed by atoms with van der Waals surface area (Å²) in [5, 5.41) is 4.79. The zero-order valence-electron chi connectivity index (χ0n) is 11.6. The van der Waals surface area contributed by atoms with Gasteiger partial charge in [-0.05, 0) is 31.7 Å². The highest BCUT2D eigenvalue weighted by Gasteiger charge is 2.25. The Kier molecular flexibility index (Phi) is 4.44. The molecule has 0 atom stereocenters. The minimum absolute atomic E-state index is 0.652. The normalized spacial score (nSPS) is 21.2. The van der Waals surface area contributed by atoms with Gasteiger partial charge >= 0.3 is 0 Å². The second kappa shape index (κ2) is 6.27. The SMILES string of the molecule is ClCCN(Cc1ccn(C2CCCC2)n1)C1CCC1. The largest absolute Gasteiger partial charge is 0.293 e. The molecule has 1 aromatic rings. The van der Waals surface area contributed by atoms with Crippen LogP contribution in [-0.2, 0) is 6.54 Å². The molecular formula is C15H24ClN3. The van der Waals surface area contributed by atoms with Gasteiger partial charge in [-0.3, -0.25) is 9.58 Å². The molecule has 1 heterocycles. The van der Waals surface area contributed by atoms with E-state index in [1.807, 2.05) is 0 Å². The van der Waals surface area contributed by atoms with Crippen molar-refractivity contribution in [1.82, 2.24) is 14.7 Å². The Labute approximate surface area is 120 Å². The smallest absolute Gasteiger partial charge is 0.0765 e. The summed E-state index contributed by atoms with van der Waals surface area (Å²) in [6.45, 7) is 1.96. The van der Waals surface area contributed by atoms with Gasteiger partial charge in [-0.25, -0.2) is 0 Å². The van der Waals surface area contributed by atoms with E-state index in [0.717, 1.165) is 25.0 Å². The minimum Gasteiger partial charge on any atom is -0.293 e. The van der Waals surface area contributed by atoms with Crippen LogP contribution < -0.4 is 0 Å². The van der Waals surface area contributed by atoms with Crippen LogP contribution in [0.25, 0.3) is 0 Å². The average Bonchev–Trinajstić information content (AvgIpc) is 2.95. The third-order valence-electron chi connectivity index (χ3n) is 4.69. The second-order valence-electron chi connectivity index (χ2n) is 5.97. The number of alkyl halides is 1. The molecule has 0 bridgehead atoms. The standard InChI is InChI=1S/C15H24ClN3/c16-9-11-18(14-6-3-7-14)12-13-8-10-19(17-13)15-4-1-2-5-15/h8,10,14-15H,1-7,9,11-12H2. The summed E-state index contributed by atoms with van der Waals surface area (Å²) in [5.41, 5.74) is 1.21. The van der Waals surface area contributed by atoms with Crippen molar-refractivity contribution >= 4 is 11.6 Å². The summed E-state index contributed by atoms with van der Waals surface area (Å²) in [6.07, 6.45) is 11.5. The molecule has 4 heteroatoms. The Hall–Kier alpha value is -0.540. The monoisotopic (exact) mass is 281 g/mol. The highest BCUT2D eigenvalue weighted by atomic mass is 35.5. The van der Waals surface area contributed by atoms with E-state index in [0.29, 0.717) is 6.04 Å². The molecule has 2 fully saturated rings. The molecule has 2 saturated carbocycles. The quantitative estimate of drug-likeness (QED) is 0.743. The zero-order valence-corrected chi connectivity index (χ0v) is 12.4. The van der Waals surface area contributed by atoms with Gasteiger partial charge in [0.05, 0.1) is 11.7 Å². The maximum absolute atomic E-state index is 5.93. The summed E-state index contributed by atoms with van der Waals surface area (Å²) in [4.78, 5) is 2.51. The lowest BCUT2D eigenvalue weighted by atomic mass is 9.91. The molecule has 3 nitrogen and oxygen atoms in total. The Morgan fingerprint density at radius 3 is 2.63 bits per heavy atom. The van der Waals surface area contributed by atoms with E-state index in [1.54, 1.807) is 0 Å². The first kappa shape index (κ1) is 13.4. The highest BCUT2D eigenvalue weighted by Crippen LogP contribution is 2.29. The average molecular weight is 282 g/mol. The molecule has 0 amide bonds. The molecule has 0 N–H and O–H groups in total. The van der Waals surface area contributed by atoms with Gasteiger partial charge < -0.3 is 0 Å². The van der Waals surface area contributed by atoms with Gasteiger partial charge in [0, 0.05) is 31.2 Å². The summed E-state index contributed by atoms with van der Waals surface area (Å²) in [5.74, 6) is 0.722. The number of halogens is 1. The second-order valence-corrected chi connectivity index (χ2v) is 6.35. The third kappa shape index (κ3) is 3.14. The van der Waals surface area contributed by atoms with Crippen LogP contribution in [0.4, 0.5) is 0 Å². The highest BCUT2D eigenvalue weighted by molar-refractivity contribution is 6.18. The van der Waals surface area contributed by atoms with Gasteiger partial charge in [0.1, 0.15) is 0 Å². The number of hydrogen-bond acceptors (Lipinski definition) is 2. The molecule has 0 unspecified atom stereocenters. The van der Waals surface area contributed by atoms with Crippen LogP contribution in [0.3, 0.4) is 0 Å². The van der Waals surface area contributed by atoms with Crippen molar-refractivity contribution in [3.63, 3.8) is 0 Å². The predicted octanol–water partition coefficient (Wildman–Crippen LogP) is 3.59. The van der Waals surface area contributed by atoms with E-state index in [2.05, 4.69) is 21.8 Å². The van der Waals surface area contributed by atoms with Crippen molar-refractivity contribution in [2.45, 2.75) is 63.6 Å². The predicted molar refractivity (Wildman–Crippen MR) is 78.5 cm³/mol. The van der Waals surface area contributed by atoms with Crippen molar-refractivity contribution in [1.29, 1.82) is 0 Å². The fraction of sp³-hybridized carbons (Fsp3) is 0.800. The van der Waals surface area contributed by atoms with Crippen LogP contribution in [0.15, 0.2) is 12.3 Å². The summed E-state index contributed by atoms with van der Waals surface area (Å²) >= 11 is 5.93. The van der Waals surface area contributed by atoms with Crippen LogP contribution in [-0.4, -0.2) is 33.1 Å². The number of rotatable bonds is 6. The van der Waals surface area contributed by atoms with E-state index in [4.69, 9.17) is 16.7 Å². The zero-order chi connectivity index (χ0) is 13.1. The Balaban J connectivity index is 1.61. The van der Waals surface area contributed by atoms with Gasteiger partial charge in [-0.2, -0.15) is 5.10 Å². The first-order chi connectivity index (χ1) is 9.36. The first-order valence-corrected chi connectivity index (χ1v) is 8.24. The van der Waals surface area contributed by atoms with Gasteiger partial charge in [0.25, 0.3) is 0 Å². The van der Waals surface area contributed by atoms with E-state index in [9.17, 15) is 0 Å². The van der Waals surface area contributed by atoms with Gasteiger partial charge in [0.2, 0.25) is 0 Å². The number of hydrogen-bond donors (Lipinski definition) is 0. The Morgan fingerprint density at radius 2 is 2.00 bits per heavy atom. The summed E-state index contributed by atoms with van der Waals surface area (Å²) in [6, 6.07) is 3.59. The van der Waals surface area contributed by atoms with Crippen molar-refractivity contribution in [3.8, 4) is 0 Å². The number of aromatic nitrogens is 2. The van der Waals surface area contributed by atoms with Crippen LogP contribution >= 0.6 is 11.6 Å². The maximum Gasteiger partial charge on any atom is 0.0765 e. The molecular weight excluding hydrogens is 258 g/mol. The molecule has 0 spiro atoms. The molecule has 0 radical (unpaired) electrons. The van der Waals surface area contributed by atoms with Crippen LogP contribution in [0.1, 0.15) is 56.7 Å². The molecule has 1 aromatic heterocycles. The molecule has 2 aliphatic carbocycles. The van der Waals surface area contributed by atoms with Gasteiger partial charge in [-0.15, -0.1) is 11.6 Å². The molecule has 2 aliphatic rings. The summed E-state index contributed by atoms with van der Waals surface area (Å²) in [7, 11) is 0. The van der Waals surface area contributed by atoms with Crippen molar-refractivity contribution < 1.29 is 0 Å². The molecule has 19 heavy (non-hydrogen) atoms. The van der Waals surface area contributed by atoms with E-state index in [-0.39, 0.29) is 0 Å². The van der Waals surface area contributed by atoms with Gasteiger partial charge in [0.15, 0.2) is 0 Å². The van der Waals surface area contributed by atoms with Gasteiger partial charge in [-0.1, -0.05) is 19.3 Å². The molecule has 3 rings (SSSR count). The lowest BCUT2D eigenvalue weighted by Gasteiger charge is -2.36. The minimum atomic E-state index is 0.652. The molecule has 0 saturated heterocycles. The van der Waals surface area contributed by atoms with Crippen LogP contribution in [0.2, 0.25) is 0 Å². The van der Waals surface area contributed by atoms with E-state index >= 15 is 0 Å².